The van der Waals surface area contributed by atoms with Crippen LogP contribution in [0.2, 0.25) is 0 Å². The first-order valence-electron chi connectivity index (χ1n) is 8.56. The minimum atomic E-state index is -1.00. The van der Waals surface area contributed by atoms with Crippen LogP contribution >= 0.6 is 0 Å². The molecule has 0 aliphatic carbocycles. The Balaban J connectivity index is 1.87. The van der Waals surface area contributed by atoms with Gasteiger partial charge in [-0.1, -0.05) is 24.3 Å². The van der Waals surface area contributed by atoms with Gasteiger partial charge in [0.15, 0.2) is 17.6 Å². The van der Waals surface area contributed by atoms with Gasteiger partial charge in [-0.25, -0.2) is 9.18 Å². The Hall–Kier alpha value is -3.35. The molecule has 0 heterocycles. The summed E-state index contributed by atoms with van der Waals surface area (Å²) in [5, 5.41) is 2.68. The molecule has 0 aliphatic rings. The van der Waals surface area contributed by atoms with E-state index >= 15 is 0 Å². The number of benzene rings is 2. The van der Waals surface area contributed by atoms with Crippen LogP contribution in [0.1, 0.15) is 18.1 Å². The fourth-order valence-corrected chi connectivity index (χ4v) is 2.36. The lowest BCUT2D eigenvalue weighted by Crippen LogP contribution is -2.35. The van der Waals surface area contributed by atoms with Gasteiger partial charge in [0.25, 0.3) is 5.91 Å². The molecular formula is C21H22FNO5. The Morgan fingerprint density at radius 2 is 1.82 bits per heavy atom. The van der Waals surface area contributed by atoms with Crippen molar-refractivity contribution in [1.29, 1.82) is 0 Å². The Morgan fingerprint density at radius 3 is 2.50 bits per heavy atom. The molecule has 0 radical (unpaired) electrons. The molecule has 0 spiro atoms. The van der Waals surface area contributed by atoms with Crippen LogP contribution in [0.5, 0.6) is 11.5 Å². The average molecular weight is 387 g/mol. The van der Waals surface area contributed by atoms with Gasteiger partial charge in [-0.2, -0.15) is 0 Å². The van der Waals surface area contributed by atoms with Gasteiger partial charge in [0.1, 0.15) is 5.82 Å². The van der Waals surface area contributed by atoms with E-state index in [1.165, 1.54) is 39.4 Å². The average Bonchev–Trinajstić information content (AvgIpc) is 2.71. The highest BCUT2D eigenvalue weighted by atomic mass is 19.1. The molecule has 28 heavy (non-hydrogen) atoms. The summed E-state index contributed by atoms with van der Waals surface area (Å²) in [6, 6.07) is 11.3. The fourth-order valence-electron chi connectivity index (χ4n) is 2.36. The largest absolute Gasteiger partial charge is 0.493 e. The van der Waals surface area contributed by atoms with Crippen LogP contribution in [0.25, 0.3) is 6.08 Å². The predicted molar refractivity (Wildman–Crippen MR) is 102 cm³/mol. The lowest BCUT2D eigenvalue weighted by atomic mass is 10.2. The summed E-state index contributed by atoms with van der Waals surface area (Å²) in [6.45, 7) is 1.69. The fraction of sp³-hybridized carbons (Fsp3) is 0.238. The van der Waals surface area contributed by atoms with Gasteiger partial charge >= 0.3 is 5.97 Å². The zero-order valence-electron chi connectivity index (χ0n) is 15.9. The predicted octanol–water partition coefficient (Wildman–Crippen LogP) is 3.10. The number of carbonyl (C=O) groups is 2. The van der Waals surface area contributed by atoms with E-state index in [9.17, 15) is 14.0 Å². The molecule has 2 aromatic carbocycles. The van der Waals surface area contributed by atoms with Crippen molar-refractivity contribution in [2.24, 2.45) is 0 Å². The van der Waals surface area contributed by atoms with Crippen LogP contribution in [-0.4, -0.2) is 32.2 Å². The summed E-state index contributed by atoms with van der Waals surface area (Å²) in [5.74, 6) is -0.514. The summed E-state index contributed by atoms with van der Waals surface area (Å²) in [4.78, 5) is 24.0. The van der Waals surface area contributed by atoms with E-state index in [-0.39, 0.29) is 12.1 Å². The van der Waals surface area contributed by atoms with Crippen molar-refractivity contribution < 1.29 is 28.2 Å². The van der Waals surface area contributed by atoms with Gasteiger partial charge in [-0.05, 0) is 36.8 Å². The zero-order chi connectivity index (χ0) is 20.5. The highest BCUT2D eigenvalue weighted by molar-refractivity contribution is 5.90. The van der Waals surface area contributed by atoms with Gasteiger partial charge in [0.05, 0.1) is 14.2 Å². The minimum Gasteiger partial charge on any atom is -0.493 e. The Labute approximate surface area is 162 Å². The van der Waals surface area contributed by atoms with Crippen LogP contribution in [0.15, 0.2) is 48.5 Å². The summed E-state index contributed by atoms with van der Waals surface area (Å²) in [7, 11) is 3.06. The molecule has 7 heteroatoms. The minimum absolute atomic E-state index is 0.228. The van der Waals surface area contributed by atoms with Crippen LogP contribution in [0.3, 0.4) is 0 Å². The van der Waals surface area contributed by atoms with Crippen molar-refractivity contribution in [2.75, 3.05) is 14.2 Å². The highest BCUT2D eigenvalue weighted by Crippen LogP contribution is 2.27. The van der Waals surface area contributed by atoms with Gasteiger partial charge in [0.2, 0.25) is 0 Å². The summed E-state index contributed by atoms with van der Waals surface area (Å²) in [6.07, 6.45) is 1.38. The van der Waals surface area contributed by atoms with E-state index in [0.717, 1.165) is 11.6 Å². The van der Waals surface area contributed by atoms with E-state index in [1.54, 1.807) is 30.3 Å². The molecule has 6 nitrogen and oxygen atoms in total. The van der Waals surface area contributed by atoms with Gasteiger partial charge in [-0.3, -0.25) is 4.79 Å². The normalized spacial score (nSPS) is 11.7. The van der Waals surface area contributed by atoms with Crippen molar-refractivity contribution in [2.45, 2.75) is 19.6 Å². The van der Waals surface area contributed by atoms with E-state index in [2.05, 4.69) is 5.32 Å². The van der Waals surface area contributed by atoms with Crippen LogP contribution in [0, 0.1) is 5.82 Å². The molecule has 2 aromatic rings. The molecule has 0 fully saturated rings. The first-order chi connectivity index (χ1) is 13.4. The van der Waals surface area contributed by atoms with Crippen LogP contribution in [-0.2, 0) is 20.9 Å². The molecule has 1 atom stereocenters. The number of halogens is 1. The Kier molecular flexibility index (Phi) is 7.56. The molecule has 0 unspecified atom stereocenters. The molecule has 0 saturated carbocycles. The Bertz CT molecular complexity index is 866. The number of rotatable bonds is 8. The second kappa shape index (κ2) is 10.1. The van der Waals surface area contributed by atoms with E-state index in [0.29, 0.717) is 11.5 Å². The standard InChI is InChI=1S/C21H22FNO5/c1-14(28-20(24)11-9-16-6-4-5-7-17(16)22)21(25)23-13-15-8-10-18(26-2)19(12-15)27-3/h4-12,14H,13H2,1-3H3,(H,23,25)/b11-9+/t14-/m1/s1. The number of hydrogen-bond acceptors (Lipinski definition) is 5. The third-order valence-corrected chi connectivity index (χ3v) is 3.88. The SMILES string of the molecule is COc1ccc(CNC(=O)[C@@H](C)OC(=O)/C=C/c2ccccc2F)cc1OC. The smallest absolute Gasteiger partial charge is 0.331 e. The number of ether oxygens (including phenoxy) is 3. The lowest BCUT2D eigenvalue weighted by Gasteiger charge is -2.13. The molecular weight excluding hydrogens is 365 g/mol. The first-order valence-corrected chi connectivity index (χ1v) is 8.56. The number of methoxy groups -OCH3 is 2. The second-order valence-corrected chi connectivity index (χ2v) is 5.84. The number of amides is 1. The number of nitrogens with one attached hydrogen (secondary N) is 1. The Morgan fingerprint density at radius 1 is 1.11 bits per heavy atom. The monoisotopic (exact) mass is 387 g/mol. The number of hydrogen-bond donors (Lipinski definition) is 1. The van der Waals surface area contributed by atoms with Crippen molar-refractivity contribution >= 4 is 18.0 Å². The lowest BCUT2D eigenvalue weighted by molar-refractivity contribution is -0.150. The van der Waals surface area contributed by atoms with Gasteiger partial charge in [0, 0.05) is 18.2 Å². The first kappa shape index (κ1) is 21.0. The van der Waals surface area contributed by atoms with Crippen LogP contribution < -0.4 is 14.8 Å². The summed E-state index contributed by atoms with van der Waals surface area (Å²) < 4.78 is 28.9. The molecule has 2 rings (SSSR count). The molecule has 148 valence electrons. The molecule has 0 aromatic heterocycles. The third-order valence-electron chi connectivity index (χ3n) is 3.88. The maximum Gasteiger partial charge on any atom is 0.331 e. The third kappa shape index (κ3) is 5.84. The van der Waals surface area contributed by atoms with Crippen molar-refractivity contribution in [1.82, 2.24) is 5.32 Å². The van der Waals surface area contributed by atoms with Crippen LogP contribution in [0.4, 0.5) is 4.39 Å². The maximum atomic E-state index is 13.5. The zero-order valence-corrected chi connectivity index (χ0v) is 15.9. The summed E-state index contributed by atoms with van der Waals surface area (Å²) >= 11 is 0. The molecule has 0 bridgehead atoms. The van der Waals surface area contributed by atoms with Gasteiger partial charge < -0.3 is 19.5 Å². The topological polar surface area (TPSA) is 73.9 Å². The number of carbonyl (C=O) groups excluding carboxylic acids is 2. The van der Waals surface area contributed by atoms with Crippen molar-refractivity contribution in [3.05, 3.63) is 65.5 Å². The van der Waals surface area contributed by atoms with E-state index in [1.807, 2.05) is 0 Å². The molecule has 1 N–H and O–H groups in total. The quantitative estimate of drug-likeness (QED) is 0.557. The highest BCUT2D eigenvalue weighted by Gasteiger charge is 2.16. The van der Waals surface area contributed by atoms with E-state index in [4.69, 9.17) is 14.2 Å². The molecule has 0 aliphatic heterocycles. The molecule has 0 saturated heterocycles. The van der Waals surface area contributed by atoms with Gasteiger partial charge in [-0.15, -0.1) is 0 Å². The van der Waals surface area contributed by atoms with Crippen molar-refractivity contribution in [3.63, 3.8) is 0 Å². The number of esters is 1. The second-order valence-electron chi connectivity index (χ2n) is 5.84. The maximum absolute atomic E-state index is 13.5. The molecule has 1 amide bonds. The van der Waals surface area contributed by atoms with E-state index < -0.39 is 23.8 Å². The van der Waals surface area contributed by atoms with Crippen molar-refractivity contribution in [3.8, 4) is 11.5 Å². The summed E-state index contributed by atoms with van der Waals surface area (Å²) in [5.41, 5.74) is 1.05.